The molecule has 1 aliphatic heterocycles. The van der Waals surface area contributed by atoms with Gasteiger partial charge in [-0.2, -0.15) is 0 Å². The van der Waals surface area contributed by atoms with Crippen LogP contribution >= 0.6 is 27.3 Å². The van der Waals surface area contributed by atoms with E-state index in [1.807, 2.05) is 38.1 Å². The van der Waals surface area contributed by atoms with E-state index < -0.39 is 5.92 Å². The van der Waals surface area contributed by atoms with Gasteiger partial charge in [-0.1, -0.05) is 15.9 Å². The van der Waals surface area contributed by atoms with Crippen molar-refractivity contribution < 1.29 is 19.1 Å². The number of rotatable bonds is 6. The summed E-state index contributed by atoms with van der Waals surface area (Å²) in [5.41, 5.74) is 4.00. The number of dihydropyridines is 1. The van der Waals surface area contributed by atoms with Crippen molar-refractivity contribution in [1.82, 2.24) is 5.32 Å². The van der Waals surface area contributed by atoms with Gasteiger partial charge in [-0.25, -0.2) is 4.79 Å². The first-order chi connectivity index (χ1) is 15.4. The fourth-order valence-corrected chi connectivity index (χ4v) is 5.69. The lowest BCUT2D eigenvalue weighted by molar-refractivity contribution is -0.138. The number of ether oxygens (including phenoxy) is 2. The third kappa shape index (κ3) is 4.55. The number of aryl methyl sites for hydroxylation is 1. The molecule has 1 aromatic heterocycles. The second-order valence-corrected chi connectivity index (χ2v) is 10.2. The average molecular weight is 516 g/mol. The van der Waals surface area contributed by atoms with Crippen molar-refractivity contribution in [3.8, 4) is 5.75 Å². The molecule has 4 rings (SSSR count). The van der Waals surface area contributed by atoms with E-state index in [0.29, 0.717) is 24.2 Å². The molecule has 0 fully saturated rings. The predicted molar refractivity (Wildman–Crippen MR) is 129 cm³/mol. The van der Waals surface area contributed by atoms with Crippen LogP contribution < -0.4 is 10.1 Å². The van der Waals surface area contributed by atoms with Crippen LogP contribution in [-0.4, -0.2) is 18.4 Å². The Morgan fingerprint density at radius 1 is 1.22 bits per heavy atom. The van der Waals surface area contributed by atoms with Crippen LogP contribution in [0.3, 0.4) is 0 Å². The summed E-state index contributed by atoms with van der Waals surface area (Å²) in [7, 11) is 0. The Morgan fingerprint density at radius 3 is 2.69 bits per heavy atom. The number of carbonyl (C=O) groups is 2. The summed E-state index contributed by atoms with van der Waals surface area (Å²) in [4.78, 5) is 28.0. The molecule has 168 valence electrons. The fraction of sp³-hybridized carbons (Fsp3) is 0.360. The fourth-order valence-electron chi connectivity index (χ4n) is 4.27. The number of thiophene rings is 1. The maximum atomic E-state index is 13.0. The number of hydrogen-bond donors (Lipinski definition) is 1. The van der Waals surface area contributed by atoms with Crippen molar-refractivity contribution in [3.63, 3.8) is 0 Å². The van der Waals surface area contributed by atoms with Gasteiger partial charge in [0.1, 0.15) is 12.4 Å². The molecule has 1 N–H and O–H groups in total. The Balaban J connectivity index is 1.69. The van der Waals surface area contributed by atoms with Crippen LogP contribution in [0.15, 0.2) is 57.3 Å². The summed E-state index contributed by atoms with van der Waals surface area (Å²) in [5.74, 6) is 0.128. The zero-order valence-corrected chi connectivity index (χ0v) is 20.8. The number of nitrogens with one attached hydrogen (secondary N) is 1. The van der Waals surface area contributed by atoms with Crippen molar-refractivity contribution in [2.75, 3.05) is 6.61 Å². The minimum Gasteiger partial charge on any atom is -0.489 e. The van der Waals surface area contributed by atoms with Gasteiger partial charge in [-0.15, -0.1) is 11.3 Å². The molecule has 7 heteroatoms. The van der Waals surface area contributed by atoms with Crippen molar-refractivity contribution >= 4 is 39.0 Å². The third-order valence-electron chi connectivity index (χ3n) is 5.80. The molecule has 0 unspecified atom stereocenters. The summed E-state index contributed by atoms with van der Waals surface area (Å²) in [6.45, 7) is 6.45. The highest BCUT2D eigenvalue weighted by molar-refractivity contribution is 9.10. The molecule has 5 nitrogen and oxygen atoms in total. The number of hydrogen-bond acceptors (Lipinski definition) is 6. The van der Waals surface area contributed by atoms with Crippen LogP contribution in [0.2, 0.25) is 0 Å². The van der Waals surface area contributed by atoms with Crippen molar-refractivity contribution in [1.29, 1.82) is 0 Å². The van der Waals surface area contributed by atoms with Gasteiger partial charge < -0.3 is 14.8 Å². The number of carbonyl (C=O) groups excluding carboxylic acids is 2. The lowest BCUT2D eigenvalue weighted by Gasteiger charge is -2.33. The van der Waals surface area contributed by atoms with Crippen LogP contribution in [0, 0.1) is 6.92 Å². The predicted octanol–water partition coefficient (Wildman–Crippen LogP) is 5.93. The van der Waals surface area contributed by atoms with Gasteiger partial charge >= 0.3 is 5.97 Å². The molecule has 0 spiro atoms. The van der Waals surface area contributed by atoms with E-state index >= 15 is 0 Å². The van der Waals surface area contributed by atoms with Crippen LogP contribution in [0.4, 0.5) is 0 Å². The Morgan fingerprint density at radius 2 is 1.97 bits per heavy atom. The van der Waals surface area contributed by atoms with E-state index in [-0.39, 0.29) is 18.4 Å². The molecule has 0 amide bonds. The van der Waals surface area contributed by atoms with Crippen LogP contribution in [0.5, 0.6) is 5.75 Å². The number of allylic oxidation sites excluding steroid dienone is 3. The molecule has 0 saturated carbocycles. The molecule has 1 atom stereocenters. The zero-order valence-electron chi connectivity index (χ0n) is 18.4. The Hall–Kier alpha value is -2.38. The van der Waals surface area contributed by atoms with Gasteiger partial charge in [0, 0.05) is 43.2 Å². The van der Waals surface area contributed by atoms with Gasteiger partial charge in [0.25, 0.3) is 0 Å². The molecular weight excluding hydrogens is 490 g/mol. The average Bonchev–Trinajstić information content (AvgIpc) is 3.13. The number of Topliss-reactive ketones (excluding diaryl/α,β-unsaturated/α-hetero) is 1. The molecule has 1 aliphatic carbocycles. The van der Waals surface area contributed by atoms with E-state index in [1.54, 1.807) is 18.3 Å². The molecule has 0 bridgehead atoms. The first-order valence-electron chi connectivity index (χ1n) is 10.8. The molecule has 32 heavy (non-hydrogen) atoms. The SMILES string of the molecule is CCOC(=O)C1=C(C)NC2=C(C(=O)CCC2)[C@@H]1c1cc(COc2ccc(Br)cc2)c(C)s1. The molecular formula is C25H26BrNO4S. The van der Waals surface area contributed by atoms with Gasteiger partial charge in [0.2, 0.25) is 0 Å². The first kappa shape index (κ1) is 22.8. The largest absolute Gasteiger partial charge is 0.489 e. The molecule has 2 aromatic rings. The molecule has 0 saturated heterocycles. The van der Waals surface area contributed by atoms with Gasteiger partial charge in [-0.3, -0.25) is 4.79 Å². The van der Waals surface area contributed by atoms with E-state index in [2.05, 4.69) is 27.3 Å². The first-order valence-corrected chi connectivity index (χ1v) is 12.4. The smallest absolute Gasteiger partial charge is 0.336 e. The highest BCUT2D eigenvalue weighted by Gasteiger charge is 2.40. The molecule has 2 aliphatic rings. The summed E-state index contributed by atoms with van der Waals surface area (Å²) < 4.78 is 12.4. The molecule has 2 heterocycles. The maximum absolute atomic E-state index is 13.0. The van der Waals surface area contributed by atoms with Crippen molar-refractivity contribution in [2.24, 2.45) is 0 Å². The van der Waals surface area contributed by atoms with Crippen molar-refractivity contribution in [2.45, 2.75) is 52.6 Å². The normalized spacial score (nSPS) is 18.4. The Bertz CT molecular complexity index is 1110. The summed E-state index contributed by atoms with van der Waals surface area (Å²) in [6, 6.07) is 9.80. The highest BCUT2D eigenvalue weighted by atomic mass is 79.9. The Kier molecular flexibility index (Phi) is 6.86. The molecule has 1 aromatic carbocycles. The van der Waals surface area contributed by atoms with Crippen molar-refractivity contribution in [3.05, 3.63) is 72.7 Å². The van der Waals surface area contributed by atoms with Gasteiger partial charge in [-0.05, 0) is 63.9 Å². The third-order valence-corrected chi connectivity index (χ3v) is 7.49. The van der Waals surface area contributed by atoms with Crippen LogP contribution in [0.1, 0.15) is 54.3 Å². The number of benzene rings is 1. The zero-order chi connectivity index (χ0) is 22.8. The van der Waals surface area contributed by atoms with Gasteiger partial charge in [0.05, 0.1) is 18.1 Å². The van der Waals surface area contributed by atoms with Gasteiger partial charge in [0.15, 0.2) is 5.78 Å². The number of esters is 1. The second kappa shape index (κ2) is 9.63. The molecule has 0 radical (unpaired) electrons. The number of ketones is 1. The highest BCUT2D eigenvalue weighted by Crippen LogP contribution is 2.45. The minimum atomic E-state index is -0.400. The quantitative estimate of drug-likeness (QED) is 0.483. The maximum Gasteiger partial charge on any atom is 0.336 e. The Labute approximate surface area is 200 Å². The van der Waals surface area contributed by atoms with E-state index in [4.69, 9.17) is 9.47 Å². The minimum absolute atomic E-state index is 0.108. The monoisotopic (exact) mass is 515 g/mol. The van der Waals surface area contributed by atoms with Crippen LogP contribution in [-0.2, 0) is 20.9 Å². The lowest BCUT2D eigenvalue weighted by Crippen LogP contribution is -2.34. The summed E-state index contributed by atoms with van der Waals surface area (Å²) in [6.07, 6.45) is 2.15. The van der Waals surface area contributed by atoms with E-state index in [0.717, 1.165) is 49.8 Å². The topological polar surface area (TPSA) is 64.6 Å². The van der Waals surface area contributed by atoms with E-state index in [9.17, 15) is 9.59 Å². The van der Waals surface area contributed by atoms with E-state index in [1.165, 1.54) is 0 Å². The summed E-state index contributed by atoms with van der Waals surface area (Å²) in [5, 5.41) is 3.32. The number of halogens is 1. The standard InChI is InChI=1S/C25H26BrNO4S/c1-4-30-25(29)22-14(2)27-19-6-5-7-20(28)23(19)24(22)21-12-16(15(3)32-21)13-31-18-10-8-17(26)9-11-18/h8-12,24,27H,4-7,13H2,1-3H3/t24-/m1/s1. The lowest BCUT2D eigenvalue weighted by atomic mass is 9.78. The second-order valence-electron chi connectivity index (χ2n) is 7.96. The summed E-state index contributed by atoms with van der Waals surface area (Å²) >= 11 is 5.05. The van der Waals surface area contributed by atoms with Crippen LogP contribution in [0.25, 0.3) is 0 Å².